The molecule has 0 aliphatic heterocycles. The van der Waals surface area contributed by atoms with Crippen LogP contribution in [0.4, 0.5) is 5.69 Å². The largest absolute Gasteiger partial charge is 0.398 e. The molecule has 27 heavy (non-hydrogen) atoms. The van der Waals surface area contributed by atoms with Gasteiger partial charge in [0.25, 0.3) is 0 Å². The molecule has 1 nitrogen and oxygen atoms in total. The Hall–Kier alpha value is -2.80. The van der Waals surface area contributed by atoms with E-state index in [2.05, 4.69) is 67.6 Å². The molecule has 0 fully saturated rings. The normalized spacial score (nSPS) is 12.0. The minimum absolute atomic E-state index is 0.876. The van der Waals surface area contributed by atoms with Crippen molar-refractivity contribution in [2.24, 2.45) is 0 Å². The Morgan fingerprint density at radius 1 is 0.630 bits per heavy atom. The molecule has 0 amide bonds. The Labute approximate surface area is 160 Å². The first-order chi connectivity index (χ1) is 13.3. The molecule has 0 atom stereocenters. The molecule has 5 aromatic rings. The number of anilines is 1. The van der Waals surface area contributed by atoms with Gasteiger partial charge < -0.3 is 5.73 Å². The van der Waals surface area contributed by atoms with Gasteiger partial charge in [-0.2, -0.15) is 0 Å². The van der Waals surface area contributed by atoms with Crippen molar-refractivity contribution in [2.45, 2.75) is 39.0 Å². The molecule has 0 aliphatic rings. The second-order valence-electron chi connectivity index (χ2n) is 7.75. The van der Waals surface area contributed by atoms with Crippen LogP contribution < -0.4 is 5.73 Å². The second-order valence-corrected chi connectivity index (χ2v) is 7.75. The molecule has 0 saturated carbocycles. The van der Waals surface area contributed by atoms with E-state index in [-0.39, 0.29) is 0 Å². The van der Waals surface area contributed by atoms with Crippen LogP contribution in [0.2, 0.25) is 0 Å². The van der Waals surface area contributed by atoms with Gasteiger partial charge >= 0.3 is 0 Å². The molecule has 0 bridgehead atoms. The highest BCUT2D eigenvalue weighted by molar-refractivity contribution is 6.35. The molecule has 134 valence electrons. The van der Waals surface area contributed by atoms with Gasteiger partial charge in [0, 0.05) is 11.1 Å². The maximum absolute atomic E-state index is 6.48. The lowest BCUT2D eigenvalue weighted by atomic mass is 9.86. The fourth-order valence-corrected chi connectivity index (χ4v) is 4.78. The van der Waals surface area contributed by atoms with E-state index in [1.54, 1.807) is 0 Å². The van der Waals surface area contributed by atoms with E-state index in [1.807, 2.05) is 0 Å². The second kappa shape index (κ2) is 6.42. The van der Waals surface area contributed by atoms with Crippen LogP contribution in [0.1, 0.15) is 38.2 Å². The van der Waals surface area contributed by atoms with Crippen molar-refractivity contribution in [3.8, 4) is 0 Å². The van der Waals surface area contributed by atoms with E-state index < -0.39 is 0 Å². The Kier molecular flexibility index (Phi) is 3.89. The molecule has 0 aromatic heterocycles. The van der Waals surface area contributed by atoms with Gasteiger partial charge in [-0.05, 0) is 62.2 Å². The SMILES string of the molecule is CCCCCCc1ccc2cccc3c4c(N)ccc5cccc(c1c23)c54. The number of fused-ring (bicyclic) bond motifs is 2. The zero-order chi connectivity index (χ0) is 18.4. The van der Waals surface area contributed by atoms with E-state index >= 15 is 0 Å². The average Bonchev–Trinajstić information content (AvgIpc) is 2.70. The summed E-state index contributed by atoms with van der Waals surface area (Å²) in [5, 5.41) is 10.6. The summed E-state index contributed by atoms with van der Waals surface area (Å²) in [6.07, 6.45) is 6.31. The van der Waals surface area contributed by atoms with Crippen molar-refractivity contribution in [3.05, 3.63) is 66.2 Å². The van der Waals surface area contributed by atoms with Gasteiger partial charge in [-0.1, -0.05) is 80.8 Å². The van der Waals surface area contributed by atoms with Gasteiger partial charge in [0.2, 0.25) is 0 Å². The van der Waals surface area contributed by atoms with Crippen LogP contribution in [0.5, 0.6) is 0 Å². The lowest BCUT2D eigenvalue weighted by molar-refractivity contribution is 0.668. The zero-order valence-electron chi connectivity index (χ0n) is 15.9. The Morgan fingerprint density at radius 2 is 1.30 bits per heavy atom. The molecule has 0 aliphatic carbocycles. The summed E-state index contributed by atoms with van der Waals surface area (Å²) < 4.78 is 0. The predicted octanol–water partition coefficient (Wildman–Crippen LogP) is 7.44. The van der Waals surface area contributed by atoms with Crippen molar-refractivity contribution in [1.29, 1.82) is 0 Å². The van der Waals surface area contributed by atoms with Gasteiger partial charge in [0.1, 0.15) is 0 Å². The van der Waals surface area contributed by atoms with Crippen molar-refractivity contribution in [3.63, 3.8) is 0 Å². The van der Waals surface area contributed by atoms with Crippen LogP contribution in [-0.2, 0) is 6.42 Å². The summed E-state index contributed by atoms with van der Waals surface area (Å²) in [7, 11) is 0. The van der Waals surface area contributed by atoms with Gasteiger partial charge in [0.15, 0.2) is 0 Å². The Morgan fingerprint density at radius 3 is 2.04 bits per heavy atom. The third-order valence-electron chi connectivity index (χ3n) is 6.05. The molecule has 2 N–H and O–H groups in total. The molecular weight excluding hydrogens is 326 g/mol. The van der Waals surface area contributed by atoms with Gasteiger partial charge in [-0.3, -0.25) is 0 Å². The lowest BCUT2D eigenvalue weighted by Gasteiger charge is -2.18. The standard InChI is InChI=1S/C26H25N/c1-2-3-4-5-8-17-13-14-18-9-7-12-21-24(18)23(17)20-11-6-10-19-15-16-22(27)26(21)25(19)20/h6-7,9-16H,2-5,8,27H2,1H3. The van der Waals surface area contributed by atoms with E-state index in [0.29, 0.717) is 0 Å². The molecular formula is C26H25N. The number of hydrogen-bond acceptors (Lipinski definition) is 1. The number of nitrogens with two attached hydrogens (primary N) is 1. The van der Waals surface area contributed by atoms with Crippen LogP contribution >= 0.6 is 0 Å². The minimum atomic E-state index is 0.876. The van der Waals surface area contributed by atoms with Crippen molar-refractivity contribution in [2.75, 3.05) is 5.73 Å². The molecule has 5 aromatic carbocycles. The summed E-state index contributed by atoms with van der Waals surface area (Å²) in [5.41, 5.74) is 8.84. The third kappa shape index (κ3) is 2.45. The lowest BCUT2D eigenvalue weighted by Crippen LogP contribution is -1.95. The highest BCUT2D eigenvalue weighted by Gasteiger charge is 2.16. The zero-order valence-corrected chi connectivity index (χ0v) is 15.9. The smallest absolute Gasteiger partial charge is 0.0400 e. The fraction of sp³-hybridized carbons (Fsp3) is 0.231. The maximum atomic E-state index is 6.48. The predicted molar refractivity (Wildman–Crippen MR) is 120 cm³/mol. The van der Waals surface area contributed by atoms with Crippen LogP contribution in [0.15, 0.2) is 60.7 Å². The first-order valence-electron chi connectivity index (χ1n) is 10.2. The van der Waals surface area contributed by atoms with Gasteiger partial charge in [-0.25, -0.2) is 0 Å². The van der Waals surface area contributed by atoms with Gasteiger partial charge in [0.05, 0.1) is 0 Å². The Bertz CT molecular complexity index is 1270. The maximum Gasteiger partial charge on any atom is 0.0400 e. The first-order valence-corrected chi connectivity index (χ1v) is 10.2. The fourth-order valence-electron chi connectivity index (χ4n) is 4.78. The highest BCUT2D eigenvalue weighted by atomic mass is 14.6. The number of aryl methyl sites for hydroxylation is 1. The van der Waals surface area contributed by atoms with Crippen LogP contribution in [0.25, 0.3) is 43.1 Å². The van der Waals surface area contributed by atoms with Crippen LogP contribution in [0, 0.1) is 0 Å². The molecule has 0 heterocycles. The summed E-state index contributed by atoms with van der Waals surface area (Å²) in [6, 6.07) is 22.2. The van der Waals surface area contributed by atoms with Crippen LogP contribution in [-0.4, -0.2) is 0 Å². The van der Waals surface area contributed by atoms with Crippen molar-refractivity contribution < 1.29 is 0 Å². The molecule has 0 spiro atoms. The van der Waals surface area contributed by atoms with E-state index in [1.165, 1.54) is 74.3 Å². The van der Waals surface area contributed by atoms with E-state index in [0.717, 1.165) is 12.1 Å². The molecule has 1 heteroatoms. The number of hydrogen-bond donors (Lipinski definition) is 1. The van der Waals surface area contributed by atoms with Gasteiger partial charge in [-0.15, -0.1) is 0 Å². The molecule has 0 unspecified atom stereocenters. The van der Waals surface area contributed by atoms with E-state index in [9.17, 15) is 0 Å². The minimum Gasteiger partial charge on any atom is -0.398 e. The third-order valence-corrected chi connectivity index (χ3v) is 6.05. The number of benzene rings is 5. The summed E-state index contributed by atoms with van der Waals surface area (Å²) in [5.74, 6) is 0. The highest BCUT2D eigenvalue weighted by Crippen LogP contribution is 2.43. The number of rotatable bonds is 5. The molecule has 0 radical (unpaired) electrons. The number of nitrogen functional groups attached to an aromatic ring is 1. The van der Waals surface area contributed by atoms with Crippen molar-refractivity contribution >= 4 is 48.8 Å². The quantitative estimate of drug-likeness (QED) is 0.151. The molecule has 0 saturated heterocycles. The van der Waals surface area contributed by atoms with E-state index in [4.69, 9.17) is 5.73 Å². The summed E-state index contributed by atoms with van der Waals surface area (Å²) in [4.78, 5) is 0. The Balaban J connectivity index is 1.91. The average molecular weight is 351 g/mol. The van der Waals surface area contributed by atoms with Crippen molar-refractivity contribution in [1.82, 2.24) is 0 Å². The number of unbranched alkanes of at least 4 members (excludes halogenated alkanes) is 3. The monoisotopic (exact) mass is 351 g/mol. The molecule has 5 rings (SSSR count). The summed E-state index contributed by atoms with van der Waals surface area (Å²) >= 11 is 0. The van der Waals surface area contributed by atoms with Crippen LogP contribution in [0.3, 0.4) is 0 Å². The first kappa shape index (κ1) is 16.4. The topological polar surface area (TPSA) is 26.0 Å². The summed E-state index contributed by atoms with van der Waals surface area (Å²) in [6.45, 7) is 2.27.